The number of hydrogen-bond donors (Lipinski definition) is 2. The zero-order valence-corrected chi connectivity index (χ0v) is 12.5. The summed E-state index contributed by atoms with van der Waals surface area (Å²) in [5, 5.41) is 0. The van der Waals surface area contributed by atoms with Gasteiger partial charge in [0.25, 0.3) is 0 Å². The molecule has 1 aromatic heterocycles. The van der Waals surface area contributed by atoms with Crippen LogP contribution in [0.3, 0.4) is 0 Å². The Labute approximate surface area is 119 Å². The average molecular weight is 293 g/mol. The average Bonchev–Trinajstić information content (AvgIpc) is 2.87. The number of nitrogens with zero attached hydrogens (tertiary/aromatic N) is 1. The Morgan fingerprint density at radius 1 is 1.30 bits per heavy atom. The van der Waals surface area contributed by atoms with E-state index in [1.54, 1.807) is 18.5 Å². The Morgan fingerprint density at radius 2 is 2.10 bits per heavy atom. The molecule has 0 saturated heterocycles. The Bertz CT molecular complexity index is 664. The molecule has 0 bridgehead atoms. The third-order valence-electron chi connectivity index (χ3n) is 3.06. The van der Waals surface area contributed by atoms with Gasteiger partial charge in [0.2, 0.25) is 10.0 Å². The van der Waals surface area contributed by atoms with E-state index in [4.69, 9.17) is 0 Å². The van der Waals surface area contributed by atoms with E-state index in [0.29, 0.717) is 17.9 Å². The number of aromatic amines is 1. The minimum atomic E-state index is -3.43. The van der Waals surface area contributed by atoms with Crippen molar-refractivity contribution in [3.63, 3.8) is 0 Å². The number of H-pyrrole nitrogens is 1. The number of rotatable bonds is 6. The highest BCUT2D eigenvalue weighted by Gasteiger charge is 2.15. The van der Waals surface area contributed by atoms with Gasteiger partial charge in [0.15, 0.2) is 0 Å². The van der Waals surface area contributed by atoms with E-state index < -0.39 is 10.0 Å². The van der Waals surface area contributed by atoms with Crippen LogP contribution in [0.5, 0.6) is 0 Å². The maximum atomic E-state index is 12.2. The van der Waals surface area contributed by atoms with Crippen molar-refractivity contribution in [2.45, 2.75) is 31.6 Å². The van der Waals surface area contributed by atoms with Crippen molar-refractivity contribution in [3.05, 3.63) is 47.5 Å². The number of imidazole rings is 1. The smallest absolute Gasteiger partial charge is 0.240 e. The van der Waals surface area contributed by atoms with Crippen molar-refractivity contribution in [2.24, 2.45) is 0 Å². The summed E-state index contributed by atoms with van der Waals surface area (Å²) < 4.78 is 27.0. The molecule has 0 amide bonds. The molecule has 0 spiro atoms. The molecule has 2 N–H and O–H groups in total. The maximum absolute atomic E-state index is 12.2. The number of sulfonamides is 1. The highest BCUT2D eigenvalue weighted by atomic mass is 32.2. The molecule has 108 valence electrons. The number of aromatic nitrogens is 2. The van der Waals surface area contributed by atoms with Gasteiger partial charge in [-0.15, -0.1) is 0 Å². The van der Waals surface area contributed by atoms with Crippen LogP contribution in [0.15, 0.2) is 35.5 Å². The van der Waals surface area contributed by atoms with Crippen LogP contribution in [-0.2, 0) is 16.4 Å². The minimum absolute atomic E-state index is 0.348. The van der Waals surface area contributed by atoms with E-state index in [1.165, 1.54) is 0 Å². The van der Waals surface area contributed by atoms with Crippen LogP contribution in [0.1, 0.15) is 23.4 Å². The lowest BCUT2D eigenvalue weighted by Gasteiger charge is -2.09. The second-order valence-electron chi connectivity index (χ2n) is 4.81. The van der Waals surface area contributed by atoms with Gasteiger partial charge in [0.05, 0.1) is 4.90 Å². The first-order chi connectivity index (χ1) is 9.49. The second kappa shape index (κ2) is 6.19. The van der Waals surface area contributed by atoms with Gasteiger partial charge in [0, 0.05) is 25.4 Å². The van der Waals surface area contributed by atoms with Crippen molar-refractivity contribution in [1.82, 2.24) is 14.7 Å². The number of hydrogen-bond acceptors (Lipinski definition) is 3. The minimum Gasteiger partial charge on any atom is -0.349 e. The van der Waals surface area contributed by atoms with Crippen LogP contribution in [0.25, 0.3) is 0 Å². The largest absolute Gasteiger partial charge is 0.349 e. The number of benzene rings is 1. The van der Waals surface area contributed by atoms with Gasteiger partial charge in [-0.2, -0.15) is 0 Å². The topological polar surface area (TPSA) is 74.8 Å². The van der Waals surface area contributed by atoms with Crippen molar-refractivity contribution in [1.29, 1.82) is 0 Å². The van der Waals surface area contributed by atoms with E-state index in [9.17, 15) is 8.42 Å². The van der Waals surface area contributed by atoms with Crippen LogP contribution >= 0.6 is 0 Å². The molecule has 20 heavy (non-hydrogen) atoms. The summed E-state index contributed by atoms with van der Waals surface area (Å²) in [6.45, 7) is 4.15. The number of aryl methyl sites for hydroxylation is 3. The molecule has 0 aliphatic rings. The Morgan fingerprint density at radius 3 is 2.75 bits per heavy atom. The molecule has 0 aliphatic carbocycles. The lowest BCUT2D eigenvalue weighted by atomic mass is 10.2. The third kappa shape index (κ3) is 3.68. The normalized spacial score (nSPS) is 11.7. The second-order valence-corrected chi connectivity index (χ2v) is 6.54. The van der Waals surface area contributed by atoms with E-state index >= 15 is 0 Å². The quantitative estimate of drug-likeness (QED) is 0.799. The molecule has 0 fully saturated rings. The summed E-state index contributed by atoms with van der Waals surface area (Å²) in [5.41, 5.74) is 1.82. The molecule has 2 aromatic rings. The third-order valence-corrected chi connectivity index (χ3v) is 4.68. The van der Waals surface area contributed by atoms with Gasteiger partial charge in [0.1, 0.15) is 5.82 Å². The molecule has 0 aliphatic heterocycles. The molecule has 2 rings (SSSR count). The molecule has 6 heteroatoms. The molecular formula is C14H19N3O2S. The number of nitrogens with one attached hydrogen (secondary N) is 2. The fraction of sp³-hybridized carbons (Fsp3) is 0.357. The highest BCUT2D eigenvalue weighted by molar-refractivity contribution is 7.89. The highest BCUT2D eigenvalue weighted by Crippen LogP contribution is 2.16. The standard InChI is InChI=1S/C14H19N3O2S/c1-11-5-6-13(12(2)10-11)20(18,19)17-7-3-4-14-15-8-9-16-14/h5-6,8-10,17H,3-4,7H2,1-2H3,(H,15,16). The summed E-state index contributed by atoms with van der Waals surface area (Å²) >= 11 is 0. The van der Waals surface area contributed by atoms with E-state index in [1.807, 2.05) is 26.0 Å². The summed E-state index contributed by atoms with van der Waals surface area (Å²) in [5.74, 6) is 0.871. The van der Waals surface area contributed by atoms with Gasteiger partial charge >= 0.3 is 0 Å². The van der Waals surface area contributed by atoms with Crippen LogP contribution in [-0.4, -0.2) is 24.9 Å². The first-order valence-electron chi connectivity index (χ1n) is 6.54. The Hall–Kier alpha value is -1.66. The zero-order valence-electron chi connectivity index (χ0n) is 11.7. The van der Waals surface area contributed by atoms with E-state index in [-0.39, 0.29) is 0 Å². The fourth-order valence-corrected chi connectivity index (χ4v) is 3.37. The fourth-order valence-electron chi connectivity index (χ4n) is 2.08. The summed E-state index contributed by atoms with van der Waals surface area (Å²) in [7, 11) is -3.43. The molecular weight excluding hydrogens is 274 g/mol. The molecule has 0 atom stereocenters. The summed E-state index contributed by atoms with van der Waals surface area (Å²) in [6, 6.07) is 5.33. The van der Waals surface area contributed by atoms with Crippen LogP contribution in [0.4, 0.5) is 0 Å². The Kier molecular flexibility index (Phi) is 4.57. The van der Waals surface area contributed by atoms with Gasteiger partial charge < -0.3 is 4.98 Å². The summed E-state index contributed by atoms with van der Waals surface area (Å²) in [4.78, 5) is 7.44. The van der Waals surface area contributed by atoms with Crippen molar-refractivity contribution >= 4 is 10.0 Å². The van der Waals surface area contributed by atoms with Crippen molar-refractivity contribution in [2.75, 3.05) is 6.54 Å². The molecule has 0 radical (unpaired) electrons. The monoisotopic (exact) mass is 293 g/mol. The molecule has 0 unspecified atom stereocenters. The zero-order chi connectivity index (χ0) is 14.6. The molecule has 1 aromatic carbocycles. The van der Waals surface area contributed by atoms with Gasteiger partial charge in [-0.25, -0.2) is 18.1 Å². The molecule has 1 heterocycles. The van der Waals surface area contributed by atoms with Crippen LogP contribution in [0.2, 0.25) is 0 Å². The maximum Gasteiger partial charge on any atom is 0.240 e. The van der Waals surface area contributed by atoms with Crippen molar-refractivity contribution < 1.29 is 8.42 Å². The predicted molar refractivity (Wildman–Crippen MR) is 78.0 cm³/mol. The molecule has 5 nitrogen and oxygen atoms in total. The first kappa shape index (κ1) is 14.7. The Balaban J connectivity index is 1.93. The molecule has 0 saturated carbocycles. The van der Waals surface area contributed by atoms with E-state index in [2.05, 4.69) is 14.7 Å². The van der Waals surface area contributed by atoms with E-state index in [0.717, 1.165) is 23.4 Å². The van der Waals surface area contributed by atoms with Gasteiger partial charge in [-0.3, -0.25) is 0 Å². The van der Waals surface area contributed by atoms with Crippen LogP contribution in [0, 0.1) is 13.8 Å². The summed E-state index contributed by atoms with van der Waals surface area (Å²) in [6.07, 6.45) is 4.88. The van der Waals surface area contributed by atoms with Gasteiger partial charge in [-0.1, -0.05) is 17.7 Å². The van der Waals surface area contributed by atoms with Crippen LogP contribution < -0.4 is 4.72 Å². The SMILES string of the molecule is Cc1ccc(S(=O)(=O)NCCCc2ncc[nH]2)c(C)c1. The van der Waals surface area contributed by atoms with Gasteiger partial charge in [-0.05, 0) is 31.9 Å². The lowest BCUT2D eigenvalue weighted by molar-refractivity contribution is 0.577. The predicted octanol–water partition coefficient (Wildman–Crippen LogP) is 1.94. The first-order valence-corrected chi connectivity index (χ1v) is 8.02. The van der Waals surface area contributed by atoms with Crippen molar-refractivity contribution in [3.8, 4) is 0 Å². The lowest BCUT2D eigenvalue weighted by Crippen LogP contribution is -2.25.